The van der Waals surface area contributed by atoms with Crippen LogP contribution in [0.15, 0.2) is 0 Å². The van der Waals surface area contributed by atoms with Crippen LogP contribution in [0.25, 0.3) is 0 Å². The van der Waals surface area contributed by atoms with E-state index in [0.717, 1.165) is 19.6 Å². The third-order valence-corrected chi connectivity index (χ3v) is 3.27. The third kappa shape index (κ3) is 4.64. The van der Waals surface area contributed by atoms with Gasteiger partial charge in [0.1, 0.15) is 6.04 Å². The van der Waals surface area contributed by atoms with Crippen LogP contribution in [0.5, 0.6) is 0 Å². The number of nitrogens with zero attached hydrogens (tertiary/aromatic N) is 1. The lowest BCUT2D eigenvalue weighted by molar-refractivity contribution is -0.145. The number of carboxylic acid groups (broad SMARTS) is 1. The van der Waals surface area contributed by atoms with E-state index in [1.807, 2.05) is 20.8 Å². The summed E-state index contributed by atoms with van der Waals surface area (Å²) in [7, 11) is 0. The molecule has 0 spiro atoms. The second-order valence-electron chi connectivity index (χ2n) is 6.00. The number of aliphatic carboxylic acids is 1. The molecule has 1 fully saturated rings. The molecule has 1 heterocycles. The van der Waals surface area contributed by atoms with Crippen molar-refractivity contribution in [3.8, 4) is 0 Å². The average Bonchev–Trinajstić information content (AvgIpc) is 2.73. The molecule has 0 bridgehead atoms. The summed E-state index contributed by atoms with van der Waals surface area (Å²) in [4.78, 5) is 25.1. The lowest BCUT2D eigenvalue weighted by atomic mass is 9.86. The highest BCUT2D eigenvalue weighted by Crippen LogP contribution is 2.19. The lowest BCUT2D eigenvalue weighted by Crippen LogP contribution is -2.49. The van der Waals surface area contributed by atoms with Gasteiger partial charge in [-0.15, -0.1) is 0 Å². The molecule has 1 aliphatic rings. The predicted molar refractivity (Wildman–Crippen MR) is 69.3 cm³/mol. The van der Waals surface area contributed by atoms with Crippen LogP contribution in [0, 0.1) is 5.41 Å². The van der Waals surface area contributed by atoms with Crippen LogP contribution in [0.1, 0.15) is 40.0 Å². The first-order valence-corrected chi connectivity index (χ1v) is 6.55. The van der Waals surface area contributed by atoms with E-state index in [1.165, 1.54) is 12.8 Å². The Morgan fingerprint density at radius 3 is 2.28 bits per heavy atom. The van der Waals surface area contributed by atoms with Gasteiger partial charge in [0, 0.05) is 13.0 Å². The van der Waals surface area contributed by atoms with Crippen LogP contribution >= 0.6 is 0 Å². The second kappa shape index (κ2) is 6.18. The fourth-order valence-corrected chi connectivity index (χ4v) is 2.15. The first-order valence-electron chi connectivity index (χ1n) is 6.55. The number of nitrogens with one attached hydrogen (secondary N) is 1. The molecule has 1 rings (SSSR count). The van der Waals surface area contributed by atoms with Crippen molar-refractivity contribution in [1.29, 1.82) is 0 Å². The van der Waals surface area contributed by atoms with Crippen molar-refractivity contribution in [1.82, 2.24) is 10.2 Å². The number of amides is 1. The summed E-state index contributed by atoms with van der Waals surface area (Å²) < 4.78 is 0. The minimum Gasteiger partial charge on any atom is -0.480 e. The predicted octanol–water partition coefficient (Wildman–Crippen LogP) is 1.09. The standard InChI is InChI=1S/C13H24N2O3/c1-13(2,3)11(12(17)18)14-10(16)6-9-15-7-4-5-8-15/h11H,4-9H2,1-3H3,(H,14,16)(H,17,18)/t11-/m0/s1. The normalized spacial score (nSPS) is 18.6. The van der Waals surface area contributed by atoms with Gasteiger partial charge in [0.05, 0.1) is 0 Å². The molecule has 1 saturated heterocycles. The Balaban J connectivity index is 2.39. The minimum absolute atomic E-state index is 0.177. The molecule has 1 aliphatic heterocycles. The third-order valence-electron chi connectivity index (χ3n) is 3.27. The first kappa shape index (κ1) is 15.0. The molecule has 0 aromatic rings. The average molecular weight is 256 g/mol. The van der Waals surface area contributed by atoms with Crippen LogP contribution in [-0.4, -0.2) is 47.6 Å². The summed E-state index contributed by atoms with van der Waals surface area (Å²) in [5, 5.41) is 11.7. The molecular formula is C13H24N2O3. The van der Waals surface area contributed by atoms with Crippen LogP contribution in [0.3, 0.4) is 0 Å². The quantitative estimate of drug-likeness (QED) is 0.772. The molecular weight excluding hydrogens is 232 g/mol. The molecule has 0 aliphatic carbocycles. The molecule has 1 amide bonds. The summed E-state index contributed by atoms with van der Waals surface area (Å²) >= 11 is 0. The number of hydrogen-bond donors (Lipinski definition) is 2. The van der Waals surface area contributed by atoms with Gasteiger partial charge in [-0.2, -0.15) is 0 Å². The Labute approximate surface area is 109 Å². The Morgan fingerprint density at radius 2 is 1.83 bits per heavy atom. The zero-order chi connectivity index (χ0) is 13.8. The van der Waals surface area contributed by atoms with Gasteiger partial charge < -0.3 is 15.3 Å². The summed E-state index contributed by atoms with van der Waals surface area (Å²) in [5.41, 5.74) is -0.477. The minimum atomic E-state index is -0.975. The van der Waals surface area contributed by atoms with Gasteiger partial charge >= 0.3 is 5.97 Å². The number of carboxylic acids is 1. The molecule has 104 valence electrons. The van der Waals surface area contributed by atoms with Gasteiger partial charge in [0.2, 0.25) is 5.91 Å². The van der Waals surface area contributed by atoms with Crippen molar-refractivity contribution >= 4 is 11.9 Å². The first-order chi connectivity index (χ1) is 8.30. The van der Waals surface area contributed by atoms with Crippen molar-refractivity contribution < 1.29 is 14.7 Å². The Hall–Kier alpha value is -1.10. The summed E-state index contributed by atoms with van der Waals surface area (Å²) in [5.74, 6) is -1.15. The van der Waals surface area contributed by atoms with E-state index in [0.29, 0.717) is 6.42 Å². The van der Waals surface area contributed by atoms with Gasteiger partial charge in [-0.3, -0.25) is 4.79 Å². The summed E-state index contributed by atoms with van der Waals surface area (Å²) in [6, 6.07) is -0.830. The van der Waals surface area contributed by atoms with E-state index in [9.17, 15) is 9.59 Å². The Kier molecular flexibility index (Phi) is 5.14. The highest BCUT2D eigenvalue weighted by Gasteiger charge is 2.32. The summed E-state index contributed by atoms with van der Waals surface area (Å²) in [6.45, 7) is 8.26. The van der Waals surface area contributed by atoms with E-state index in [2.05, 4.69) is 10.2 Å². The van der Waals surface area contributed by atoms with Crippen molar-refractivity contribution in [3.05, 3.63) is 0 Å². The van der Waals surface area contributed by atoms with Crippen LogP contribution in [-0.2, 0) is 9.59 Å². The SMILES string of the molecule is CC(C)(C)[C@@H](NC(=O)CCN1CCCC1)C(=O)O. The number of rotatable bonds is 5. The number of likely N-dealkylation sites (tertiary alicyclic amines) is 1. The largest absolute Gasteiger partial charge is 0.480 e. The Morgan fingerprint density at radius 1 is 1.28 bits per heavy atom. The van der Waals surface area contributed by atoms with E-state index in [-0.39, 0.29) is 5.91 Å². The molecule has 18 heavy (non-hydrogen) atoms. The maximum absolute atomic E-state index is 11.8. The number of carbonyl (C=O) groups excluding carboxylic acids is 1. The highest BCUT2D eigenvalue weighted by molar-refractivity contribution is 5.84. The fourth-order valence-electron chi connectivity index (χ4n) is 2.15. The van der Waals surface area contributed by atoms with Crippen molar-refractivity contribution in [3.63, 3.8) is 0 Å². The number of carbonyl (C=O) groups is 2. The number of hydrogen-bond acceptors (Lipinski definition) is 3. The molecule has 0 unspecified atom stereocenters. The molecule has 0 aromatic heterocycles. The van der Waals surface area contributed by atoms with Crippen LogP contribution in [0.2, 0.25) is 0 Å². The Bertz CT molecular complexity index is 304. The van der Waals surface area contributed by atoms with Crippen molar-refractivity contribution in [2.24, 2.45) is 5.41 Å². The topological polar surface area (TPSA) is 69.6 Å². The highest BCUT2D eigenvalue weighted by atomic mass is 16.4. The van der Waals surface area contributed by atoms with Gasteiger partial charge in [-0.1, -0.05) is 20.8 Å². The summed E-state index contributed by atoms with van der Waals surface area (Å²) in [6.07, 6.45) is 2.77. The van der Waals surface area contributed by atoms with Crippen LogP contribution < -0.4 is 5.32 Å². The zero-order valence-electron chi connectivity index (χ0n) is 11.5. The zero-order valence-corrected chi connectivity index (χ0v) is 11.5. The molecule has 1 atom stereocenters. The van der Waals surface area contributed by atoms with E-state index >= 15 is 0 Å². The van der Waals surface area contributed by atoms with Gasteiger partial charge in [0.25, 0.3) is 0 Å². The molecule has 0 saturated carbocycles. The molecule has 5 heteroatoms. The molecule has 2 N–H and O–H groups in total. The second-order valence-corrected chi connectivity index (χ2v) is 6.00. The van der Waals surface area contributed by atoms with E-state index in [1.54, 1.807) is 0 Å². The van der Waals surface area contributed by atoms with Gasteiger partial charge in [-0.05, 0) is 31.3 Å². The molecule has 0 aromatic carbocycles. The maximum atomic E-state index is 11.8. The van der Waals surface area contributed by atoms with Crippen molar-refractivity contribution in [2.75, 3.05) is 19.6 Å². The smallest absolute Gasteiger partial charge is 0.326 e. The van der Waals surface area contributed by atoms with Crippen molar-refractivity contribution in [2.45, 2.75) is 46.1 Å². The van der Waals surface area contributed by atoms with E-state index in [4.69, 9.17) is 5.11 Å². The molecule has 0 radical (unpaired) electrons. The maximum Gasteiger partial charge on any atom is 0.326 e. The monoisotopic (exact) mass is 256 g/mol. The van der Waals surface area contributed by atoms with Gasteiger partial charge in [-0.25, -0.2) is 4.79 Å². The fraction of sp³-hybridized carbons (Fsp3) is 0.846. The van der Waals surface area contributed by atoms with Crippen LogP contribution in [0.4, 0.5) is 0 Å². The van der Waals surface area contributed by atoms with E-state index < -0.39 is 17.4 Å². The molecule has 5 nitrogen and oxygen atoms in total. The lowest BCUT2D eigenvalue weighted by Gasteiger charge is -2.28. The van der Waals surface area contributed by atoms with Gasteiger partial charge in [0.15, 0.2) is 0 Å².